The van der Waals surface area contributed by atoms with Crippen molar-refractivity contribution in [3.8, 4) is 0 Å². The topological polar surface area (TPSA) is 34.9 Å². The molecule has 0 aromatic carbocycles. The summed E-state index contributed by atoms with van der Waals surface area (Å²) in [6.07, 6.45) is 3.63. The summed E-state index contributed by atoms with van der Waals surface area (Å²) in [6.45, 7) is 0. The van der Waals surface area contributed by atoms with Crippen molar-refractivity contribution in [1.82, 2.24) is 9.78 Å². The Labute approximate surface area is 96.3 Å². The van der Waals surface area contributed by atoms with Gasteiger partial charge in [0.2, 0.25) is 0 Å². The highest BCUT2D eigenvalue weighted by atomic mass is 35.5. The fraction of sp³-hybridized carbons (Fsp3) is 0.200. The van der Waals surface area contributed by atoms with E-state index in [-0.39, 0.29) is 5.78 Å². The van der Waals surface area contributed by atoms with Crippen molar-refractivity contribution in [2.24, 2.45) is 7.05 Å². The molecule has 0 aliphatic heterocycles. The highest BCUT2D eigenvalue weighted by Crippen LogP contribution is 2.23. The van der Waals surface area contributed by atoms with E-state index in [4.69, 9.17) is 11.6 Å². The molecule has 0 fully saturated rings. The number of thiophene rings is 1. The van der Waals surface area contributed by atoms with Gasteiger partial charge in [-0.2, -0.15) is 5.10 Å². The van der Waals surface area contributed by atoms with Gasteiger partial charge in [0.1, 0.15) is 0 Å². The minimum Gasteiger partial charge on any atom is -0.294 e. The van der Waals surface area contributed by atoms with E-state index in [1.165, 1.54) is 11.3 Å². The average molecular weight is 241 g/mol. The number of ketones is 1. The molecule has 2 rings (SSSR count). The highest BCUT2D eigenvalue weighted by Gasteiger charge is 2.11. The largest absolute Gasteiger partial charge is 0.294 e. The molecular formula is C10H9ClN2OS. The Hall–Kier alpha value is -1.13. The Bertz CT molecular complexity index is 489. The Morgan fingerprint density at radius 1 is 1.67 bits per heavy atom. The summed E-state index contributed by atoms with van der Waals surface area (Å²) in [5, 5.41) is 6.50. The Balaban J connectivity index is 2.14. The smallest absolute Gasteiger partial charge is 0.171 e. The van der Waals surface area contributed by atoms with Gasteiger partial charge < -0.3 is 0 Å². The minimum atomic E-state index is 0.0486. The summed E-state index contributed by atoms with van der Waals surface area (Å²) in [4.78, 5) is 12.7. The molecule has 3 nitrogen and oxygen atoms in total. The number of hydrogen-bond donors (Lipinski definition) is 0. The van der Waals surface area contributed by atoms with Crippen LogP contribution in [0.3, 0.4) is 0 Å². The van der Waals surface area contributed by atoms with E-state index < -0.39 is 0 Å². The molecule has 0 saturated carbocycles. The molecule has 78 valence electrons. The van der Waals surface area contributed by atoms with Gasteiger partial charge >= 0.3 is 0 Å². The van der Waals surface area contributed by atoms with Crippen molar-refractivity contribution in [3.05, 3.63) is 39.3 Å². The molecule has 0 radical (unpaired) electrons. The van der Waals surface area contributed by atoms with E-state index in [9.17, 15) is 4.79 Å². The maximum absolute atomic E-state index is 11.8. The lowest BCUT2D eigenvalue weighted by Crippen LogP contribution is -2.01. The van der Waals surface area contributed by atoms with Crippen molar-refractivity contribution in [3.63, 3.8) is 0 Å². The zero-order chi connectivity index (χ0) is 10.8. The summed E-state index contributed by atoms with van der Waals surface area (Å²) >= 11 is 7.41. The third kappa shape index (κ3) is 2.27. The van der Waals surface area contributed by atoms with Crippen molar-refractivity contribution in [1.29, 1.82) is 0 Å². The Morgan fingerprint density at radius 3 is 3.00 bits per heavy atom. The summed E-state index contributed by atoms with van der Waals surface area (Å²) in [5.41, 5.74) is 0.627. The molecular weight excluding hydrogens is 232 g/mol. The highest BCUT2D eigenvalue weighted by molar-refractivity contribution is 7.10. The van der Waals surface area contributed by atoms with E-state index in [0.717, 1.165) is 4.88 Å². The van der Waals surface area contributed by atoms with Gasteiger partial charge in [-0.1, -0.05) is 11.6 Å². The normalized spacial score (nSPS) is 10.5. The van der Waals surface area contributed by atoms with E-state index >= 15 is 0 Å². The van der Waals surface area contributed by atoms with E-state index in [1.807, 2.05) is 5.38 Å². The number of aromatic nitrogens is 2. The zero-order valence-electron chi connectivity index (χ0n) is 8.11. The van der Waals surface area contributed by atoms with Crippen LogP contribution in [0.25, 0.3) is 0 Å². The van der Waals surface area contributed by atoms with Gasteiger partial charge in [-0.25, -0.2) is 0 Å². The SMILES string of the molecule is Cn1cc(C(=O)Cc2sccc2Cl)cn1. The van der Waals surface area contributed by atoms with Gasteiger partial charge in [-0.3, -0.25) is 9.48 Å². The quantitative estimate of drug-likeness (QED) is 0.773. The Morgan fingerprint density at radius 2 is 2.47 bits per heavy atom. The molecule has 5 heteroatoms. The predicted molar refractivity (Wildman–Crippen MR) is 60.6 cm³/mol. The molecule has 15 heavy (non-hydrogen) atoms. The van der Waals surface area contributed by atoms with Crippen LogP contribution >= 0.6 is 22.9 Å². The third-order valence-corrected chi connectivity index (χ3v) is 3.43. The number of Topliss-reactive ketones (excluding diaryl/α,β-unsaturated/α-hetero) is 1. The molecule has 2 aromatic rings. The molecule has 0 amide bonds. The molecule has 0 saturated heterocycles. The van der Waals surface area contributed by atoms with Gasteiger partial charge in [0.15, 0.2) is 5.78 Å². The van der Waals surface area contributed by atoms with Crippen molar-refractivity contribution in [2.75, 3.05) is 0 Å². The maximum atomic E-state index is 11.8. The number of halogens is 1. The van der Waals surface area contributed by atoms with E-state index in [2.05, 4.69) is 5.10 Å². The van der Waals surface area contributed by atoms with Crippen LogP contribution < -0.4 is 0 Å². The second-order valence-corrected chi connectivity index (χ2v) is 4.60. The lowest BCUT2D eigenvalue weighted by molar-refractivity contribution is 0.0994. The van der Waals surface area contributed by atoms with Crippen LogP contribution in [0.1, 0.15) is 15.2 Å². The van der Waals surface area contributed by atoms with E-state index in [1.54, 1.807) is 30.2 Å². The lowest BCUT2D eigenvalue weighted by atomic mass is 10.1. The van der Waals surface area contributed by atoms with Gasteiger partial charge in [0.25, 0.3) is 0 Å². The number of aryl methyl sites for hydroxylation is 1. The molecule has 0 N–H and O–H groups in total. The minimum absolute atomic E-state index is 0.0486. The molecule has 2 heterocycles. The van der Waals surface area contributed by atoms with Crippen molar-refractivity contribution >= 4 is 28.7 Å². The van der Waals surface area contributed by atoms with Gasteiger partial charge in [-0.15, -0.1) is 11.3 Å². The number of nitrogens with zero attached hydrogens (tertiary/aromatic N) is 2. The molecule has 0 bridgehead atoms. The molecule has 0 unspecified atom stereocenters. The second kappa shape index (κ2) is 4.16. The summed E-state index contributed by atoms with van der Waals surface area (Å²) in [7, 11) is 1.79. The maximum Gasteiger partial charge on any atom is 0.171 e. The summed E-state index contributed by atoms with van der Waals surface area (Å²) in [5.74, 6) is 0.0486. The fourth-order valence-corrected chi connectivity index (χ4v) is 2.37. The predicted octanol–water partition coefficient (Wildman–Crippen LogP) is 2.56. The molecule has 0 aliphatic carbocycles. The van der Waals surface area contributed by atoms with Crippen LogP contribution in [0, 0.1) is 0 Å². The average Bonchev–Trinajstić information content (AvgIpc) is 2.77. The van der Waals surface area contributed by atoms with Gasteiger partial charge in [-0.05, 0) is 11.4 Å². The van der Waals surface area contributed by atoms with Crippen molar-refractivity contribution in [2.45, 2.75) is 6.42 Å². The molecule has 0 atom stereocenters. The van der Waals surface area contributed by atoms with Crippen LogP contribution in [0.15, 0.2) is 23.8 Å². The number of carbonyl (C=O) groups excluding carboxylic acids is 1. The lowest BCUT2D eigenvalue weighted by Gasteiger charge is -1.95. The first kappa shape index (κ1) is 10.4. The second-order valence-electron chi connectivity index (χ2n) is 3.19. The van der Waals surface area contributed by atoms with Gasteiger partial charge in [0.05, 0.1) is 16.8 Å². The van der Waals surface area contributed by atoms with Crippen molar-refractivity contribution < 1.29 is 4.79 Å². The Kier molecular flexibility index (Phi) is 2.88. The molecule has 2 aromatic heterocycles. The monoisotopic (exact) mass is 240 g/mol. The van der Waals surface area contributed by atoms with Crippen LogP contribution in [-0.4, -0.2) is 15.6 Å². The van der Waals surface area contributed by atoms with Crippen LogP contribution in [0.2, 0.25) is 5.02 Å². The van der Waals surface area contributed by atoms with Gasteiger partial charge in [0, 0.05) is 24.5 Å². The molecule has 0 aliphatic rings. The zero-order valence-corrected chi connectivity index (χ0v) is 9.68. The first-order chi connectivity index (χ1) is 7.16. The van der Waals surface area contributed by atoms with Crippen LogP contribution in [0.5, 0.6) is 0 Å². The summed E-state index contributed by atoms with van der Waals surface area (Å²) in [6, 6.07) is 1.80. The fourth-order valence-electron chi connectivity index (χ4n) is 1.26. The van der Waals surface area contributed by atoms with E-state index in [0.29, 0.717) is 17.0 Å². The number of rotatable bonds is 3. The first-order valence-corrected chi connectivity index (χ1v) is 5.66. The third-order valence-electron chi connectivity index (χ3n) is 2.04. The molecule has 0 spiro atoms. The van der Waals surface area contributed by atoms with Crippen LogP contribution in [-0.2, 0) is 13.5 Å². The standard InChI is InChI=1S/C10H9ClN2OS/c1-13-6-7(5-12-13)9(14)4-10-8(11)2-3-15-10/h2-3,5-6H,4H2,1H3. The number of hydrogen-bond acceptors (Lipinski definition) is 3. The number of carbonyl (C=O) groups is 1. The van der Waals surface area contributed by atoms with Crippen LogP contribution in [0.4, 0.5) is 0 Å². The summed E-state index contributed by atoms with van der Waals surface area (Å²) < 4.78 is 1.61. The first-order valence-electron chi connectivity index (χ1n) is 4.40.